The Bertz CT molecular complexity index is 866. The van der Waals surface area contributed by atoms with E-state index in [2.05, 4.69) is 34.9 Å². The molecule has 1 aliphatic heterocycles. The summed E-state index contributed by atoms with van der Waals surface area (Å²) >= 11 is 0. The van der Waals surface area contributed by atoms with Crippen molar-refractivity contribution < 1.29 is 18.8 Å². The third-order valence-electron chi connectivity index (χ3n) is 5.69. The summed E-state index contributed by atoms with van der Waals surface area (Å²) < 4.78 is 25.4. The van der Waals surface area contributed by atoms with Gasteiger partial charge >= 0.3 is 7.12 Å². The lowest BCUT2D eigenvalue weighted by Crippen LogP contribution is -2.41. The Hall–Kier alpha value is -1.75. The Morgan fingerprint density at radius 2 is 1.77 bits per heavy atom. The minimum atomic E-state index is -1.15. The maximum atomic E-state index is 6.18. The second kappa shape index (κ2) is 8.41. The molecule has 0 unspecified atom stereocenters. The van der Waals surface area contributed by atoms with Gasteiger partial charge in [-0.1, -0.05) is 24.9 Å². The van der Waals surface area contributed by atoms with Crippen molar-refractivity contribution in [3.63, 3.8) is 0 Å². The summed E-state index contributed by atoms with van der Waals surface area (Å²) in [4.78, 5) is 4.48. The summed E-state index contributed by atoms with van der Waals surface area (Å²) in [5.41, 5.74) is 1.50. The number of pyridine rings is 1. The van der Waals surface area contributed by atoms with Crippen molar-refractivity contribution in [1.29, 1.82) is 0 Å². The highest BCUT2D eigenvalue weighted by Gasteiger charge is 2.52. The molecule has 0 aliphatic carbocycles. The van der Waals surface area contributed by atoms with E-state index >= 15 is 0 Å². The van der Waals surface area contributed by atoms with Crippen LogP contribution in [-0.2, 0) is 20.8 Å². The normalized spacial score (nSPS) is 18.1. The molecule has 164 valence electrons. The fraction of sp³-hybridized carbons (Fsp3) is 0.650. The Balaban J connectivity index is 1.83. The minimum Gasteiger partial charge on any atom is -0.481 e. The topological polar surface area (TPSA) is 80.5 Å². The van der Waals surface area contributed by atoms with Gasteiger partial charge in [-0.05, 0) is 39.8 Å². The van der Waals surface area contributed by atoms with Crippen LogP contribution in [0.5, 0.6) is 5.88 Å². The first-order chi connectivity index (χ1) is 13.9. The van der Waals surface area contributed by atoms with E-state index in [0.29, 0.717) is 19.2 Å². The fourth-order valence-corrected chi connectivity index (χ4v) is 3.77. The number of ether oxygens (including phenoxy) is 2. The molecule has 0 saturated carbocycles. The lowest BCUT2D eigenvalue weighted by atomic mass is 9.79. The second-order valence-electron chi connectivity index (χ2n) is 9.88. The molecule has 0 amide bonds. The highest BCUT2D eigenvalue weighted by atomic mass is 28.3. The number of hydrogen-bond donors (Lipinski definition) is 0. The van der Waals surface area contributed by atoms with Crippen LogP contribution in [-0.4, -0.2) is 60.1 Å². The van der Waals surface area contributed by atoms with Crippen LogP contribution in [0.15, 0.2) is 18.5 Å². The molecular formula is C20H33BN4O4Si. The van der Waals surface area contributed by atoms with Crippen molar-refractivity contribution in [2.24, 2.45) is 0 Å². The molecule has 3 rings (SSSR count). The Kier molecular flexibility index (Phi) is 6.43. The summed E-state index contributed by atoms with van der Waals surface area (Å²) in [5, 5.41) is 8.25. The number of methoxy groups -OCH3 is 1. The van der Waals surface area contributed by atoms with Crippen LogP contribution >= 0.6 is 0 Å². The van der Waals surface area contributed by atoms with E-state index in [9.17, 15) is 0 Å². The summed E-state index contributed by atoms with van der Waals surface area (Å²) in [6.45, 7) is 16.1. The van der Waals surface area contributed by atoms with E-state index in [1.807, 2.05) is 33.8 Å². The van der Waals surface area contributed by atoms with Crippen LogP contribution in [0.3, 0.4) is 0 Å². The van der Waals surface area contributed by atoms with E-state index < -0.39 is 26.4 Å². The number of hydrogen-bond acceptors (Lipinski definition) is 7. The molecule has 0 aromatic carbocycles. The summed E-state index contributed by atoms with van der Waals surface area (Å²) in [5.74, 6) is 0.487. The van der Waals surface area contributed by atoms with Gasteiger partial charge < -0.3 is 18.8 Å². The maximum Gasteiger partial charge on any atom is 0.496 e. The second-order valence-corrected chi connectivity index (χ2v) is 15.5. The van der Waals surface area contributed by atoms with Crippen molar-refractivity contribution in [3.8, 4) is 17.1 Å². The van der Waals surface area contributed by atoms with Crippen molar-refractivity contribution in [2.45, 2.75) is 71.3 Å². The summed E-state index contributed by atoms with van der Waals surface area (Å²) in [6.07, 6.45) is 3.42. The first kappa shape index (κ1) is 22.9. The van der Waals surface area contributed by atoms with Crippen molar-refractivity contribution in [2.75, 3.05) is 13.7 Å². The number of nitrogens with zero attached hydrogens (tertiary/aromatic N) is 4. The van der Waals surface area contributed by atoms with Crippen molar-refractivity contribution >= 4 is 20.7 Å². The summed E-state index contributed by atoms with van der Waals surface area (Å²) in [6, 6.07) is 3.06. The van der Waals surface area contributed by atoms with Gasteiger partial charge in [-0.25, -0.2) is 9.67 Å². The molecule has 0 N–H and O–H groups in total. The zero-order valence-electron chi connectivity index (χ0n) is 19.4. The van der Waals surface area contributed by atoms with Gasteiger partial charge in [-0.15, -0.1) is 5.10 Å². The molecule has 0 bridgehead atoms. The van der Waals surface area contributed by atoms with Crippen LogP contribution in [0.1, 0.15) is 27.7 Å². The average molecular weight is 432 g/mol. The van der Waals surface area contributed by atoms with Gasteiger partial charge in [-0.3, -0.25) is 0 Å². The standard InChI is InChI=1S/C20H33BN4O4Si/c1-19(2)20(3,4)29-21(28-19)15-11-16(18(26-5)22-12-15)17-13-23-24-25(17)14-27-9-10-30(6,7)8/h11-13H,9-10,14H2,1-8H3. The minimum absolute atomic E-state index is 0.323. The molecule has 8 nitrogen and oxygen atoms in total. The predicted octanol–water partition coefficient (Wildman–Crippen LogP) is 2.96. The molecule has 2 aromatic rings. The van der Waals surface area contributed by atoms with Crippen LogP contribution in [0, 0.1) is 0 Å². The first-order valence-corrected chi connectivity index (χ1v) is 14.0. The van der Waals surface area contributed by atoms with Gasteiger partial charge in [0, 0.05) is 26.3 Å². The molecule has 0 spiro atoms. The Morgan fingerprint density at radius 3 is 2.37 bits per heavy atom. The van der Waals surface area contributed by atoms with Gasteiger partial charge in [0.15, 0.2) is 0 Å². The third kappa shape index (κ3) is 4.93. The Labute approximate surface area is 180 Å². The van der Waals surface area contributed by atoms with Gasteiger partial charge in [0.05, 0.1) is 35.8 Å². The van der Waals surface area contributed by atoms with Crippen molar-refractivity contribution in [1.82, 2.24) is 20.0 Å². The van der Waals surface area contributed by atoms with E-state index in [1.165, 1.54) is 0 Å². The molecule has 30 heavy (non-hydrogen) atoms. The Morgan fingerprint density at radius 1 is 1.10 bits per heavy atom. The van der Waals surface area contributed by atoms with Gasteiger partial charge in [0.1, 0.15) is 6.73 Å². The van der Waals surface area contributed by atoms with Gasteiger partial charge in [-0.2, -0.15) is 0 Å². The predicted molar refractivity (Wildman–Crippen MR) is 120 cm³/mol. The summed E-state index contributed by atoms with van der Waals surface area (Å²) in [7, 11) is -0.0596. The third-order valence-corrected chi connectivity index (χ3v) is 7.40. The lowest BCUT2D eigenvalue weighted by Gasteiger charge is -2.32. The van der Waals surface area contributed by atoms with E-state index in [1.54, 1.807) is 24.2 Å². The van der Waals surface area contributed by atoms with Crippen LogP contribution in [0.25, 0.3) is 11.3 Å². The average Bonchev–Trinajstić information content (AvgIpc) is 3.19. The van der Waals surface area contributed by atoms with Crippen LogP contribution < -0.4 is 10.2 Å². The van der Waals surface area contributed by atoms with Gasteiger partial charge in [0.25, 0.3) is 0 Å². The van der Waals surface area contributed by atoms with Crippen LogP contribution in [0.4, 0.5) is 0 Å². The highest BCUT2D eigenvalue weighted by Crippen LogP contribution is 2.37. The molecule has 3 heterocycles. The zero-order chi connectivity index (χ0) is 22.2. The zero-order valence-corrected chi connectivity index (χ0v) is 20.4. The number of rotatable bonds is 8. The molecular weight excluding hydrogens is 399 g/mol. The maximum absolute atomic E-state index is 6.18. The largest absolute Gasteiger partial charge is 0.496 e. The molecule has 1 fully saturated rings. The van der Waals surface area contributed by atoms with Gasteiger partial charge in [0.2, 0.25) is 5.88 Å². The molecule has 10 heteroatoms. The van der Waals surface area contributed by atoms with E-state index in [0.717, 1.165) is 22.8 Å². The quantitative estimate of drug-likeness (QED) is 0.469. The molecule has 0 atom stereocenters. The van der Waals surface area contributed by atoms with E-state index in [-0.39, 0.29) is 0 Å². The highest BCUT2D eigenvalue weighted by molar-refractivity contribution is 6.76. The molecule has 1 saturated heterocycles. The molecule has 1 aliphatic rings. The molecule has 2 aromatic heterocycles. The fourth-order valence-electron chi connectivity index (χ4n) is 3.01. The van der Waals surface area contributed by atoms with Crippen molar-refractivity contribution in [3.05, 3.63) is 18.5 Å². The molecule has 0 radical (unpaired) electrons. The number of aromatic nitrogens is 4. The monoisotopic (exact) mass is 432 g/mol. The van der Waals surface area contributed by atoms with Crippen LogP contribution in [0.2, 0.25) is 25.7 Å². The first-order valence-electron chi connectivity index (χ1n) is 10.3. The lowest BCUT2D eigenvalue weighted by molar-refractivity contribution is 0.00578. The smallest absolute Gasteiger partial charge is 0.481 e. The SMILES string of the molecule is COc1ncc(B2OC(C)(C)C(C)(C)O2)cc1-c1cnnn1COCC[Si](C)(C)C. The van der Waals surface area contributed by atoms with E-state index in [4.69, 9.17) is 18.8 Å².